The van der Waals surface area contributed by atoms with Crippen molar-refractivity contribution in [1.29, 1.82) is 0 Å². The normalized spacial score (nSPS) is 12.2. The molecule has 0 radical (unpaired) electrons. The van der Waals surface area contributed by atoms with Crippen molar-refractivity contribution in [2.24, 2.45) is 0 Å². The van der Waals surface area contributed by atoms with Gasteiger partial charge in [-0.3, -0.25) is 4.98 Å². The second kappa shape index (κ2) is 7.39. The molecule has 0 amide bonds. The van der Waals surface area contributed by atoms with Gasteiger partial charge in [0.2, 0.25) is 0 Å². The summed E-state index contributed by atoms with van der Waals surface area (Å²) in [5, 5.41) is 11.9. The van der Waals surface area contributed by atoms with Crippen molar-refractivity contribution >= 4 is 10.9 Å². The summed E-state index contributed by atoms with van der Waals surface area (Å²) < 4.78 is 14.0. The maximum atomic E-state index is 14.0. The number of aryl methyl sites for hydroxylation is 2. The van der Waals surface area contributed by atoms with Crippen LogP contribution in [0, 0.1) is 19.7 Å². The second-order valence-corrected chi connectivity index (χ2v) is 7.16. The molecule has 0 bridgehead atoms. The Kier molecular flexibility index (Phi) is 4.78. The quantitative estimate of drug-likeness (QED) is 0.517. The molecule has 4 rings (SSSR count). The van der Waals surface area contributed by atoms with Crippen LogP contribution in [0.5, 0.6) is 5.75 Å². The molecule has 0 fully saturated rings. The van der Waals surface area contributed by atoms with E-state index in [1.165, 1.54) is 12.1 Å². The number of phenols is 1. The predicted octanol–water partition coefficient (Wildman–Crippen LogP) is 5.47. The lowest BCUT2D eigenvalue weighted by Gasteiger charge is -2.20. The average molecular weight is 372 g/mol. The molecule has 1 atom stereocenters. The summed E-state index contributed by atoms with van der Waals surface area (Å²) >= 11 is 0. The summed E-state index contributed by atoms with van der Waals surface area (Å²) in [6.45, 7) is 3.91. The van der Waals surface area contributed by atoms with Gasteiger partial charge in [0.15, 0.2) is 0 Å². The minimum absolute atomic E-state index is 0.142. The average Bonchev–Trinajstić information content (AvgIpc) is 2.67. The molecule has 0 saturated carbocycles. The molecule has 2 aromatic carbocycles. The highest BCUT2D eigenvalue weighted by Crippen LogP contribution is 2.37. The van der Waals surface area contributed by atoms with Crippen LogP contribution in [0.15, 0.2) is 66.9 Å². The number of fused-ring (bicyclic) bond motifs is 1. The fourth-order valence-electron chi connectivity index (χ4n) is 3.62. The summed E-state index contributed by atoms with van der Waals surface area (Å²) in [6.07, 6.45) is 2.33. The van der Waals surface area contributed by atoms with Crippen LogP contribution in [-0.2, 0) is 6.42 Å². The van der Waals surface area contributed by atoms with Gasteiger partial charge in [0.1, 0.15) is 17.1 Å². The van der Waals surface area contributed by atoms with E-state index in [1.807, 2.05) is 56.3 Å². The number of halogens is 1. The van der Waals surface area contributed by atoms with E-state index < -0.39 is 0 Å². The molecule has 2 heterocycles. The molecule has 0 aliphatic carbocycles. The zero-order chi connectivity index (χ0) is 19.7. The van der Waals surface area contributed by atoms with Gasteiger partial charge in [0.25, 0.3) is 0 Å². The summed E-state index contributed by atoms with van der Waals surface area (Å²) in [4.78, 5) is 8.98. The third-order valence-corrected chi connectivity index (χ3v) is 5.02. The molecule has 4 aromatic rings. The summed E-state index contributed by atoms with van der Waals surface area (Å²) in [5.74, 6) is -0.395. The van der Waals surface area contributed by atoms with Crippen LogP contribution in [0.4, 0.5) is 4.39 Å². The largest absolute Gasteiger partial charge is 0.505 e. The van der Waals surface area contributed by atoms with E-state index in [-0.39, 0.29) is 17.5 Å². The Morgan fingerprint density at radius 1 is 1.00 bits per heavy atom. The lowest BCUT2D eigenvalue weighted by Crippen LogP contribution is -2.08. The Balaban J connectivity index is 1.87. The number of aromatic hydroxyl groups is 1. The third-order valence-electron chi connectivity index (χ3n) is 5.02. The number of benzene rings is 2. The molecule has 140 valence electrons. The van der Waals surface area contributed by atoms with Crippen molar-refractivity contribution in [1.82, 2.24) is 9.97 Å². The van der Waals surface area contributed by atoms with Gasteiger partial charge < -0.3 is 5.11 Å². The summed E-state index contributed by atoms with van der Waals surface area (Å²) in [5.41, 5.74) is 4.93. The molecular weight excluding hydrogens is 351 g/mol. The van der Waals surface area contributed by atoms with Crippen molar-refractivity contribution in [3.8, 4) is 5.75 Å². The highest BCUT2D eigenvalue weighted by Gasteiger charge is 2.21. The van der Waals surface area contributed by atoms with Crippen molar-refractivity contribution in [2.75, 3.05) is 0 Å². The number of pyridine rings is 2. The zero-order valence-electron chi connectivity index (χ0n) is 15.9. The molecule has 2 aromatic heterocycles. The molecular formula is C24H21FN2O. The molecule has 3 nitrogen and oxygen atoms in total. The Labute approximate surface area is 163 Å². The standard InChI is InChI=1S/C24H21FN2O/c1-15-10-11-26-20(12-15)14-22(18-4-3-5-19(25)13-18)21-9-8-17-7-6-16(2)27-23(17)24(21)28/h3-13,22,28H,14H2,1-2H3. The Morgan fingerprint density at radius 3 is 2.61 bits per heavy atom. The second-order valence-electron chi connectivity index (χ2n) is 7.16. The summed E-state index contributed by atoms with van der Waals surface area (Å²) in [7, 11) is 0. The van der Waals surface area contributed by atoms with Crippen LogP contribution < -0.4 is 0 Å². The van der Waals surface area contributed by atoms with E-state index in [1.54, 1.807) is 12.3 Å². The number of nitrogens with zero attached hydrogens (tertiary/aromatic N) is 2. The van der Waals surface area contributed by atoms with Gasteiger partial charge in [-0.25, -0.2) is 9.37 Å². The zero-order valence-corrected chi connectivity index (χ0v) is 15.9. The van der Waals surface area contributed by atoms with Gasteiger partial charge in [-0.15, -0.1) is 0 Å². The van der Waals surface area contributed by atoms with E-state index in [4.69, 9.17) is 0 Å². The molecule has 28 heavy (non-hydrogen) atoms. The van der Waals surface area contributed by atoms with Gasteiger partial charge in [0, 0.05) is 40.9 Å². The first-order chi connectivity index (χ1) is 13.5. The monoisotopic (exact) mass is 372 g/mol. The SMILES string of the molecule is Cc1ccnc(CC(c2cccc(F)c2)c2ccc3ccc(C)nc3c2O)c1. The number of phenolic OH excluding ortho intramolecular Hbond substituents is 1. The van der Waals surface area contributed by atoms with Gasteiger partial charge in [-0.05, 0) is 55.3 Å². The highest BCUT2D eigenvalue weighted by atomic mass is 19.1. The predicted molar refractivity (Wildman–Crippen MR) is 109 cm³/mol. The Bertz CT molecular complexity index is 1160. The molecule has 0 spiro atoms. The number of hydrogen-bond acceptors (Lipinski definition) is 3. The van der Waals surface area contributed by atoms with Crippen LogP contribution in [0.25, 0.3) is 10.9 Å². The Morgan fingerprint density at radius 2 is 1.82 bits per heavy atom. The minimum Gasteiger partial charge on any atom is -0.505 e. The van der Waals surface area contributed by atoms with E-state index in [2.05, 4.69) is 9.97 Å². The van der Waals surface area contributed by atoms with Crippen molar-refractivity contribution < 1.29 is 9.50 Å². The van der Waals surface area contributed by atoms with Gasteiger partial charge in [-0.2, -0.15) is 0 Å². The fourth-order valence-corrected chi connectivity index (χ4v) is 3.62. The van der Waals surface area contributed by atoms with Crippen LogP contribution in [0.2, 0.25) is 0 Å². The first-order valence-electron chi connectivity index (χ1n) is 9.27. The molecule has 0 aliphatic heterocycles. The lowest BCUT2D eigenvalue weighted by molar-refractivity contribution is 0.469. The molecule has 1 N–H and O–H groups in total. The lowest BCUT2D eigenvalue weighted by atomic mass is 9.86. The van der Waals surface area contributed by atoms with Crippen LogP contribution in [-0.4, -0.2) is 15.1 Å². The number of aromatic nitrogens is 2. The first kappa shape index (κ1) is 18.1. The van der Waals surface area contributed by atoms with Crippen molar-refractivity contribution in [2.45, 2.75) is 26.2 Å². The number of rotatable bonds is 4. The van der Waals surface area contributed by atoms with E-state index >= 15 is 0 Å². The van der Waals surface area contributed by atoms with E-state index in [9.17, 15) is 9.50 Å². The molecule has 0 aliphatic rings. The maximum absolute atomic E-state index is 14.0. The van der Waals surface area contributed by atoms with Gasteiger partial charge >= 0.3 is 0 Å². The van der Waals surface area contributed by atoms with Crippen LogP contribution >= 0.6 is 0 Å². The smallest absolute Gasteiger partial charge is 0.145 e. The topological polar surface area (TPSA) is 46.0 Å². The molecule has 4 heteroatoms. The first-order valence-corrected chi connectivity index (χ1v) is 9.27. The Hall–Kier alpha value is -3.27. The van der Waals surface area contributed by atoms with E-state index in [0.29, 0.717) is 11.9 Å². The van der Waals surface area contributed by atoms with E-state index in [0.717, 1.165) is 33.5 Å². The molecule has 1 unspecified atom stereocenters. The van der Waals surface area contributed by atoms with Crippen LogP contribution in [0.1, 0.15) is 34.0 Å². The minimum atomic E-state index is -0.297. The number of hydrogen-bond donors (Lipinski definition) is 1. The highest BCUT2D eigenvalue weighted by molar-refractivity contribution is 5.86. The van der Waals surface area contributed by atoms with Gasteiger partial charge in [0.05, 0.1) is 0 Å². The third kappa shape index (κ3) is 3.58. The fraction of sp³-hybridized carbons (Fsp3) is 0.167. The van der Waals surface area contributed by atoms with Gasteiger partial charge in [-0.1, -0.05) is 30.3 Å². The van der Waals surface area contributed by atoms with Crippen LogP contribution in [0.3, 0.4) is 0 Å². The summed E-state index contributed by atoms with van der Waals surface area (Å²) in [6, 6.07) is 18.2. The van der Waals surface area contributed by atoms with Crippen molar-refractivity contribution in [3.05, 3.63) is 101 Å². The maximum Gasteiger partial charge on any atom is 0.145 e. The van der Waals surface area contributed by atoms with Crippen molar-refractivity contribution in [3.63, 3.8) is 0 Å². The molecule has 0 saturated heterocycles.